The van der Waals surface area contributed by atoms with Crippen LogP contribution in [-0.4, -0.2) is 108 Å². The van der Waals surface area contributed by atoms with Crippen LogP contribution >= 0.6 is 15.9 Å². The van der Waals surface area contributed by atoms with E-state index in [2.05, 4.69) is 58.1 Å². The van der Waals surface area contributed by atoms with Gasteiger partial charge in [0.25, 0.3) is 0 Å². The lowest BCUT2D eigenvalue weighted by Crippen LogP contribution is -2.44. The van der Waals surface area contributed by atoms with Gasteiger partial charge in [0.15, 0.2) is 11.3 Å². The van der Waals surface area contributed by atoms with Crippen LogP contribution in [0.3, 0.4) is 0 Å². The van der Waals surface area contributed by atoms with Crippen LogP contribution in [0.5, 0.6) is 0 Å². The number of hydrogen-bond donors (Lipinski definition) is 4. The first-order chi connectivity index (χ1) is 22.4. The number of aromatic nitrogens is 6. The highest BCUT2D eigenvalue weighted by Crippen LogP contribution is 2.30. The van der Waals surface area contributed by atoms with Crippen molar-refractivity contribution in [2.75, 3.05) is 81.9 Å². The molecule has 4 aromatic rings. The van der Waals surface area contributed by atoms with Gasteiger partial charge in [0, 0.05) is 76.1 Å². The highest BCUT2D eigenvalue weighted by Gasteiger charge is 2.22. The second-order valence-electron chi connectivity index (χ2n) is 11.1. The van der Waals surface area contributed by atoms with E-state index in [0.717, 1.165) is 99.3 Å². The molecule has 15 heteroatoms. The van der Waals surface area contributed by atoms with Crippen LogP contribution in [0, 0.1) is 0 Å². The zero-order chi connectivity index (χ0) is 33.1. The highest BCUT2D eigenvalue weighted by atomic mass is 79.9. The van der Waals surface area contributed by atoms with E-state index in [1.807, 2.05) is 33.0 Å². The van der Waals surface area contributed by atoms with Crippen LogP contribution in [0.15, 0.2) is 35.6 Å². The number of morpholine rings is 1. The largest absolute Gasteiger partial charge is 0.384 e. The molecule has 1 unspecified atom stereocenters. The number of halogens is 1. The third kappa shape index (κ3) is 8.56. The standard InChI is InChI=1S/C16H24N6O.C10H12BBrN6.C3H6.C2H6/c17-15-8-14(12-2-1-3-18-9-12)20-16-13(10-19-22(15)16)11-21-4-6-23-7-5-21;11-6-5-15-18-8(13)7(12)10(16-9(6)18)17-3-1-14-2-4-17;1-3-2;1-2/h8,10,12,18H,1-7,9,11,17H2;5,14H,1-4,13H2;3H,1H2,2H3;1-2H3. The van der Waals surface area contributed by atoms with E-state index >= 15 is 0 Å². The molecular weight excluding hydrogens is 647 g/mol. The molecule has 2 radical (unpaired) electrons. The first kappa shape index (κ1) is 35.6. The second-order valence-corrected chi connectivity index (χ2v) is 11.9. The van der Waals surface area contributed by atoms with Crippen LogP contribution < -0.4 is 32.5 Å². The lowest BCUT2D eigenvalue weighted by Gasteiger charge is -2.29. The van der Waals surface area contributed by atoms with Crippen LogP contribution in [0.1, 0.15) is 50.8 Å². The average Bonchev–Trinajstić information content (AvgIpc) is 3.68. The maximum absolute atomic E-state index is 6.22. The van der Waals surface area contributed by atoms with Crippen molar-refractivity contribution in [1.82, 2.24) is 44.7 Å². The maximum atomic E-state index is 6.22. The molecule has 7 heterocycles. The van der Waals surface area contributed by atoms with Gasteiger partial charge in [-0.25, -0.2) is 9.97 Å². The van der Waals surface area contributed by atoms with Gasteiger partial charge in [0.1, 0.15) is 29.8 Å². The number of fused-ring (bicyclic) bond motifs is 2. The molecule has 4 aromatic heterocycles. The van der Waals surface area contributed by atoms with Crippen molar-refractivity contribution in [2.24, 2.45) is 0 Å². The van der Waals surface area contributed by atoms with Crippen LogP contribution in [0.2, 0.25) is 0 Å². The summed E-state index contributed by atoms with van der Waals surface area (Å²) >= 11 is 3.49. The molecule has 3 aliphatic heterocycles. The number of rotatable bonds is 4. The van der Waals surface area contributed by atoms with E-state index in [9.17, 15) is 0 Å². The Kier molecular flexibility index (Phi) is 13.6. The number of allylic oxidation sites excluding steroid dienone is 1. The molecule has 0 bridgehead atoms. The zero-order valence-corrected chi connectivity index (χ0v) is 29.0. The summed E-state index contributed by atoms with van der Waals surface area (Å²) in [6.07, 6.45) is 7.57. The van der Waals surface area contributed by atoms with E-state index in [4.69, 9.17) is 29.0 Å². The van der Waals surface area contributed by atoms with E-state index in [0.29, 0.717) is 28.7 Å². The molecule has 0 aliphatic carbocycles. The first-order valence-corrected chi connectivity index (χ1v) is 16.9. The van der Waals surface area contributed by atoms with Gasteiger partial charge in [-0.3, -0.25) is 4.90 Å². The second kappa shape index (κ2) is 17.6. The summed E-state index contributed by atoms with van der Waals surface area (Å²) in [5, 5.41) is 15.3. The molecule has 248 valence electrons. The molecule has 3 saturated heterocycles. The quantitative estimate of drug-likeness (QED) is 0.184. The Morgan fingerprint density at radius 1 is 1.02 bits per heavy atom. The smallest absolute Gasteiger partial charge is 0.162 e. The molecule has 1 atom stereocenters. The SMILES string of the molecule is C=CC.CC.Nc1cc(C2CCCNC2)nc2c(CN3CCOCC3)cnn12.[B]c1cnn2c(N)c(Br)c(N3CCNCC3)nc12. The number of nitrogens with zero attached hydrogens (tertiary/aromatic N) is 8. The first-order valence-electron chi connectivity index (χ1n) is 16.2. The minimum absolute atomic E-state index is 0.446. The third-order valence-electron chi connectivity index (χ3n) is 7.85. The normalized spacial score (nSPS) is 18.5. The number of nitrogens with two attached hydrogens (primary N) is 2. The predicted molar refractivity (Wildman–Crippen MR) is 191 cm³/mol. The van der Waals surface area contributed by atoms with E-state index in [1.54, 1.807) is 21.3 Å². The highest BCUT2D eigenvalue weighted by molar-refractivity contribution is 9.10. The number of piperidine rings is 1. The Morgan fingerprint density at radius 2 is 1.72 bits per heavy atom. The fraction of sp³-hybridized carbons (Fsp3) is 0.548. The van der Waals surface area contributed by atoms with Gasteiger partial charge in [-0.2, -0.15) is 19.2 Å². The minimum Gasteiger partial charge on any atom is -0.384 e. The molecule has 0 saturated carbocycles. The Hall–Kier alpha value is -3.24. The van der Waals surface area contributed by atoms with Gasteiger partial charge in [-0.15, -0.1) is 6.58 Å². The van der Waals surface area contributed by atoms with Crippen molar-refractivity contribution in [3.63, 3.8) is 0 Å². The summed E-state index contributed by atoms with van der Waals surface area (Å²) in [5.74, 6) is 2.46. The van der Waals surface area contributed by atoms with Crippen molar-refractivity contribution in [1.29, 1.82) is 0 Å². The zero-order valence-electron chi connectivity index (χ0n) is 27.4. The number of nitrogen functional groups attached to an aromatic ring is 2. The van der Waals surface area contributed by atoms with Crippen molar-refractivity contribution >= 4 is 58.0 Å². The van der Waals surface area contributed by atoms with Gasteiger partial charge in [-0.1, -0.05) is 19.9 Å². The van der Waals surface area contributed by atoms with Crippen molar-refractivity contribution in [3.8, 4) is 0 Å². The van der Waals surface area contributed by atoms with Gasteiger partial charge < -0.3 is 31.7 Å². The fourth-order valence-corrected chi connectivity index (χ4v) is 6.07. The number of anilines is 3. The van der Waals surface area contributed by atoms with Gasteiger partial charge >= 0.3 is 0 Å². The lowest BCUT2D eigenvalue weighted by atomic mass is 9.96. The molecule has 3 fully saturated rings. The Morgan fingerprint density at radius 3 is 2.39 bits per heavy atom. The molecule has 3 aliphatic rings. The van der Waals surface area contributed by atoms with Gasteiger partial charge in [0.2, 0.25) is 0 Å². The molecule has 0 spiro atoms. The third-order valence-corrected chi connectivity index (χ3v) is 8.61. The molecule has 0 amide bonds. The molecular formula is C31H48BBrN12O. The predicted octanol–water partition coefficient (Wildman–Crippen LogP) is 2.11. The topological polar surface area (TPSA) is 152 Å². The van der Waals surface area contributed by atoms with Crippen molar-refractivity contribution in [2.45, 2.75) is 46.1 Å². The summed E-state index contributed by atoms with van der Waals surface area (Å²) in [7, 11) is 5.85. The number of hydrogen-bond acceptors (Lipinski definition) is 11. The molecule has 13 nitrogen and oxygen atoms in total. The Balaban J connectivity index is 0.000000188. The number of ether oxygens (including phenoxy) is 1. The monoisotopic (exact) mass is 694 g/mol. The summed E-state index contributed by atoms with van der Waals surface area (Å²) < 4.78 is 9.49. The van der Waals surface area contributed by atoms with Gasteiger partial charge in [-0.05, 0) is 47.7 Å². The van der Waals surface area contributed by atoms with E-state index in [-0.39, 0.29) is 0 Å². The van der Waals surface area contributed by atoms with Crippen molar-refractivity contribution in [3.05, 3.63) is 46.8 Å². The van der Waals surface area contributed by atoms with Gasteiger partial charge in [0.05, 0.1) is 25.1 Å². The molecule has 0 aromatic carbocycles. The number of piperazine rings is 1. The molecule has 6 N–H and O–H groups in total. The van der Waals surface area contributed by atoms with E-state index < -0.39 is 0 Å². The molecule has 7 rings (SSSR count). The molecule has 46 heavy (non-hydrogen) atoms. The summed E-state index contributed by atoms with van der Waals surface area (Å²) in [5.41, 5.74) is 16.5. The summed E-state index contributed by atoms with van der Waals surface area (Å²) in [6.45, 7) is 19.4. The average molecular weight is 696 g/mol. The lowest BCUT2D eigenvalue weighted by molar-refractivity contribution is 0.0343. The van der Waals surface area contributed by atoms with Crippen LogP contribution in [0.4, 0.5) is 17.5 Å². The van der Waals surface area contributed by atoms with Crippen molar-refractivity contribution < 1.29 is 4.74 Å². The van der Waals surface area contributed by atoms with Crippen LogP contribution in [-0.2, 0) is 11.3 Å². The fourth-order valence-electron chi connectivity index (χ4n) is 5.56. The Bertz CT molecular complexity index is 1540. The minimum atomic E-state index is 0.446. The Labute approximate surface area is 281 Å². The number of nitrogens with one attached hydrogen (secondary N) is 2. The van der Waals surface area contributed by atoms with E-state index in [1.165, 1.54) is 12.8 Å². The summed E-state index contributed by atoms with van der Waals surface area (Å²) in [4.78, 5) is 14.0. The maximum Gasteiger partial charge on any atom is 0.162 e. The summed E-state index contributed by atoms with van der Waals surface area (Å²) in [6, 6.07) is 1.98. The van der Waals surface area contributed by atoms with Crippen LogP contribution in [0.25, 0.3) is 11.3 Å².